The van der Waals surface area contributed by atoms with Crippen LogP contribution >= 0.6 is 11.6 Å². The van der Waals surface area contributed by atoms with E-state index in [0.717, 1.165) is 34.2 Å². The Hall–Kier alpha value is -6.39. The van der Waals surface area contributed by atoms with E-state index < -0.39 is 23.9 Å². The first-order valence-electron chi connectivity index (χ1n) is 20.7. The summed E-state index contributed by atoms with van der Waals surface area (Å²) in [6.07, 6.45) is 1.41. The summed E-state index contributed by atoms with van der Waals surface area (Å²) >= 11 is 5.94. The molecule has 0 saturated carbocycles. The van der Waals surface area contributed by atoms with Crippen LogP contribution in [-0.4, -0.2) is 55.9 Å². The topological polar surface area (TPSA) is 183 Å². The average molecular weight is 879 g/mol. The largest absolute Gasteiger partial charge is 0.481 e. The molecule has 5 aromatic carbocycles. The van der Waals surface area contributed by atoms with Gasteiger partial charge in [-0.3, -0.25) is 28.8 Å². The standard InChI is InChI=1S/C16H14O3.C13H18O2.C12H16O2.C11H11ClO3/c1-11-13(10-15(17)18)8-5-9-14(11)16(19)12-6-3-2-4-7-12;1-9(2)6-11-4-5-12(8-13(14)15)10(3)7-11;1-8(2)11-6-4-5-10(9(11)3)7-12(13)14;1-2-9(13)8-5-3-4-7(11(8)12)6-10(14)15/h2-9H,10H2,1H3,(H,17,18);4-5,7,9H,6,8H2,1-3H3,(H,14,15);4-6,8H,7H2,1-3H3,(H,13,14);3-5H,2,6H2,1H3,(H,14,15). The van der Waals surface area contributed by atoms with Gasteiger partial charge in [-0.25, -0.2) is 0 Å². The molecule has 334 valence electrons. The van der Waals surface area contributed by atoms with Crippen molar-refractivity contribution < 1.29 is 49.2 Å². The third-order valence-electron chi connectivity index (χ3n) is 9.95. The van der Waals surface area contributed by atoms with E-state index in [9.17, 15) is 28.8 Å². The molecule has 0 saturated heterocycles. The molecule has 0 bridgehead atoms. The fourth-order valence-corrected chi connectivity index (χ4v) is 7.01. The second kappa shape index (κ2) is 26.2. The maximum absolute atomic E-state index is 12.4. The Morgan fingerprint density at radius 3 is 1.51 bits per heavy atom. The highest BCUT2D eigenvalue weighted by Crippen LogP contribution is 2.24. The Balaban J connectivity index is 0.000000291. The summed E-state index contributed by atoms with van der Waals surface area (Å²) in [7, 11) is 0. The number of aryl methyl sites for hydroxylation is 1. The first kappa shape index (κ1) is 52.7. The smallest absolute Gasteiger partial charge is 0.307 e. The number of carbonyl (C=O) groups is 6. The van der Waals surface area contributed by atoms with Gasteiger partial charge in [-0.2, -0.15) is 0 Å². The summed E-state index contributed by atoms with van der Waals surface area (Å²) in [6, 6.07) is 31.0. The Morgan fingerprint density at radius 2 is 1.02 bits per heavy atom. The number of halogens is 1. The Kier molecular flexibility index (Phi) is 21.9. The van der Waals surface area contributed by atoms with Crippen molar-refractivity contribution in [2.75, 3.05) is 0 Å². The quantitative estimate of drug-likeness (QED) is 0.0738. The summed E-state index contributed by atoms with van der Waals surface area (Å²) in [5.74, 6) is -2.47. The van der Waals surface area contributed by atoms with Crippen molar-refractivity contribution in [2.45, 2.75) is 99.8 Å². The van der Waals surface area contributed by atoms with Gasteiger partial charge in [0.1, 0.15) is 0 Å². The first-order chi connectivity index (χ1) is 29.7. The van der Waals surface area contributed by atoms with E-state index in [1.165, 1.54) is 11.1 Å². The zero-order valence-corrected chi connectivity index (χ0v) is 38.1. The van der Waals surface area contributed by atoms with Crippen LogP contribution in [0.25, 0.3) is 0 Å². The molecule has 0 atom stereocenters. The minimum Gasteiger partial charge on any atom is -0.481 e. The molecule has 0 fully saturated rings. The fraction of sp³-hybridized carbons (Fsp3) is 0.308. The third-order valence-corrected chi connectivity index (χ3v) is 10.4. The monoisotopic (exact) mass is 878 g/mol. The highest BCUT2D eigenvalue weighted by atomic mass is 35.5. The predicted molar refractivity (Wildman–Crippen MR) is 247 cm³/mol. The molecule has 5 rings (SSSR count). The van der Waals surface area contributed by atoms with Gasteiger partial charge in [0, 0.05) is 23.1 Å². The fourth-order valence-electron chi connectivity index (χ4n) is 6.71. The number of aliphatic carboxylic acids is 4. The highest BCUT2D eigenvalue weighted by Gasteiger charge is 2.16. The normalized spacial score (nSPS) is 10.3. The molecule has 0 amide bonds. The lowest BCUT2D eigenvalue weighted by molar-refractivity contribution is -0.137. The lowest BCUT2D eigenvalue weighted by Crippen LogP contribution is -2.08. The van der Waals surface area contributed by atoms with Crippen molar-refractivity contribution in [3.05, 3.63) is 175 Å². The van der Waals surface area contributed by atoms with E-state index in [1.54, 1.807) is 62.4 Å². The maximum Gasteiger partial charge on any atom is 0.307 e. The van der Waals surface area contributed by atoms with Crippen molar-refractivity contribution >= 4 is 47.0 Å². The number of Topliss-reactive ketones (excluding diaryl/α,β-unsaturated/α-hetero) is 1. The molecule has 0 aliphatic rings. The molecule has 4 N–H and O–H groups in total. The SMILES string of the molecule is CCC(=O)c1cccc(CC(=O)O)c1Cl.Cc1c(CC(=O)O)cccc1C(=O)c1ccccc1.Cc1c(CC(=O)O)cccc1C(C)C.Cc1cc(CC(C)C)ccc1CC(=O)O. The Morgan fingerprint density at radius 1 is 0.540 bits per heavy atom. The first-order valence-corrected chi connectivity index (χ1v) is 21.1. The third kappa shape index (κ3) is 17.9. The number of carboxylic acid groups (broad SMARTS) is 4. The van der Waals surface area contributed by atoms with E-state index in [2.05, 4.69) is 39.8 Å². The van der Waals surface area contributed by atoms with Crippen LogP contribution < -0.4 is 0 Å². The molecule has 0 heterocycles. The van der Waals surface area contributed by atoms with Crippen LogP contribution in [0, 0.1) is 26.7 Å². The second-order valence-electron chi connectivity index (χ2n) is 15.8. The average Bonchev–Trinajstić information content (AvgIpc) is 3.21. The summed E-state index contributed by atoms with van der Waals surface area (Å²) < 4.78 is 0. The van der Waals surface area contributed by atoms with Crippen LogP contribution in [0.4, 0.5) is 0 Å². The van der Waals surface area contributed by atoms with Crippen molar-refractivity contribution in [3.63, 3.8) is 0 Å². The van der Waals surface area contributed by atoms with Gasteiger partial charge in [-0.15, -0.1) is 0 Å². The molecule has 5 aromatic rings. The Labute approximate surface area is 375 Å². The van der Waals surface area contributed by atoms with E-state index >= 15 is 0 Å². The van der Waals surface area contributed by atoms with E-state index in [1.807, 2.05) is 56.3 Å². The lowest BCUT2D eigenvalue weighted by atomic mass is 9.93. The maximum atomic E-state index is 12.4. The number of ketones is 2. The minimum absolute atomic E-state index is 0.0677. The van der Waals surface area contributed by atoms with E-state index in [4.69, 9.17) is 32.0 Å². The van der Waals surface area contributed by atoms with Crippen molar-refractivity contribution in [3.8, 4) is 0 Å². The number of rotatable bonds is 15. The number of carboxylic acids is 4. The molecule has 0 radical (unpaired) electrons. The van der Waals surface area contributed by atoms with Crippen LogP contribution in [0.15, 0.2) is 103 Å². The molecule has 11 heteroatoms. The molecule has 0 unspecified atom stereocenters. The van der Waals surface area contributed by atoms with Gasteiger partial charge in [0.2, 0.25) is 0 Å². The zero-order valence-electron chi connectivity index (χ0n) is 37.3. The molecule has 0 spiro atoms. The summed E-state index contributed by atoms with van der Waals surface area (Å²) in [5, 5.41) is 35.2. The van der Waals surface area contributed by atoms with Crippen LogP contribution in [0.1, 0.15) is 123 Å². The summed E-state index contributed by atoms with van der Waals surface area (Å²) in [4.78, 5) is 66.3. The van der Waals surface area contributed by atoms with Gasteiger partial charge in [-0.05, 0) is 95.2 Å². The van der Waals surface area contributed by atoms with Gasteiger partial charge < -0.3 is 20.4 Å². The number of hydrogen-bond donors (Lipinski definition) is 4. The number of hydrogen-bond acceptors (Lipinski definition) is 6. The molecule has 0 aromatic heterocycles. The molecule has 0 aliphatic heterocycles. The van der Waals surface area contributed by atoms with Gasteiger partial charge in [0.15, 0.2) is 11.6 Å². The van der Waals surface area contributed by atoms with Crippen molar-refractivity contribution in [1.29, 1.82) is 0 Å². The minimum atomic E-state index is -0.960. The predicted octanol–water partition coefficient (Wildman–Crippen LogP) is 11.0. The van der Waals surface area contributed by atoms with Gasteiger partial charge in [0.25, 0.3) is 0 Å². The number of benzene rings is 5. The van der Waals surface area contributed by atoms with Crippen molar-refractivity contribution in [2.24, 2.45) is 5.92 Å². The Bertz CT molecular complexity index is 2360. The van der Waals surface area contributed by atoms with Crippen LogP contribution in [0.2, 0.25) is 5.02 Å². The second-order valence-corrected chi connectivity index (χ2v) is 16.1. The molecular formula is C52H59ClO10. The van der Waals surface area contributed by atoms with E-state index in [0.29, 0.717) is 46.1 Å². The van der Waals surface area contributed by atoms with Crippen LogP contribution in [-0.2, 0) is 51.3 Å². The van der Waals surface area contributed by atoms with Gasteiger partial charge in [0.05, 0.1) is 30.7 Å². The molecule has 10 nitrogen and oxygen atoms in total. The molecule has 0 aliphatic carbocycles. The molecule has 63 heavy (non-hydrogen) atoms. The van der Waals surface area contributed by atoms with Gasteiger partial charge >= 0.3 is 23.9 Å². The number of carbonyl (C=O) groups excluding carboxylic acids is 2. The lowest BCUT2D eigenvalue weighted by Gasteiger charge is -2.12. The highest BCUT2D eigenvalue weighted by molar-refractivity contribution is 6.34. The van der Waals surface area contributed by atoms with Gasteiger partial charge in [-0.1, -0.05) is 143 Å². The molecular weight excluding hydrogens is 820 g/mol. The van der Waals surface area contributed by atoms with E-state index in [-0.39, 0.29) is 42.3 Å². The summed E-state index contributed by atoms with van der Waals surface area (Å²) in [5.41, 5.74) is 10.0. The summed E-state index contributed by atoms with van der Waals surface area (Å²) in [6.45, 7) is 16.1. The zero-order chi connectivity index (χ0) is 47.4. The van der Waals surface area contributed by atoms with Crippen molar-refractivity contribution in [1.82, 2.24) is 0 Å². The van der Waals surface area contributed by atoms with Crippen LogP contribution in [0.3, 0.4) is 0 Å². The van der Waals surface area contributed by atoms with Crippen LogP contribution in [0.5, 0.6) is 0 Å².